The summed E-state index contributed by atoms with van der Waals surface area (Å²) in [5.41, 5.74) is 5.33. The van der Waals surface area contributed by atoms with Gasteiger partial charge in [-0.3, -0.25) is 9.32 Å². The lowest BCUT2D eigenvalue weighted by Gasteiger charge is -2.35. The Kier molecular flexibility index (Phi) is 12.6. The smallest absolute Gasteiger partial charge is 0.364 e. The third-order valence-corrected chi connectivity index (χ3v) is 11.2. The number of carbonyl (C=O) groups is 1. The normalized spacial score (nSPS) is 27.2. The largest absolute Gasteiger partial charge is 0.490 e. The zero-order valence-electron chi connectivity index (χ0n) is 20.8. The monoisotopic (exact) mass is 657 g/mol. The molecule has 1 saturated heterocycles. The fraction of sp³-hybridized carbons (Fsp3) is 0.706. The van der Waals surface area contributed by atoms with Crippen molar-refractivity contribution in [3.8, 4) is 11.8 Å². The number of rotatable bonds is 12. The Morgan fingerprint density at radius 2 is 1.87 bits per heavy atom. The highest BCUT2D eigenvalue weighted by Crippen LogP contribution is 2.66. The predicted molar refractivity (Wildman–Crippen MR) is 139 cm³/mol. The summed E-state index contributed by atoms with van der Waals surface area (Å²) in [6, 6.07) is 0. The molecule has 17 nitrogen and oxygen atoms in total. The number of nitrogens with zero attached hydrogens (tertiary/aromatic N) is 1. The Labute approximate surface area is 232 Å². The second-order valence-corrected chi connectivity index (χ2v) is 16.2. The average Bonchev–Trinajstić information content (AvgIpc) is 3.14. The summed E-state index contributed by atoms with van der Waals surface area (Å²) in [7, 11) is -13.8. The molecule has 22 heteroatoms. The molecule has 8 N–H and O–H groups in total. The van der Waals surface area contributed by atoms with E-state index in [2.05, 4.69) is 25.8 Å². The lowest BCUT2D eigenvalue weighted by atomic mass is 10.1. The van der Waals surface area contributed by atoms with Gasteiger partial charge in [-0.1, -0.05) is 54.2 Å². The molecule has 2 rings (SSSR count). The van der Waals surface area contributed by atoms with Gasteiger partial charge in [-0.15, -0.1) is 0 Å². The van der Waals surface area contributed by atoms with E-state index in [0.29, 0.717) is 0 Å². The predicted octanol–water partition coefficient (Wildman–Crippen LogP) is 0.521. The van der Waals surface area contributed by atoms with Gasteiger partial charge in [0.25, 0.3) is 5.91 Å². The van der Waals surface area contributed by atoms with Crippen LogP contribution in [0, 0.1) is 11.8 Å². The molecular weight excluding hydrogens is 627 g/mol. The molecule has 0 saturated carbocycles. The molecule has 0 aliphatic carbocycles. The van der Waals surface area contributed by atoms with Gasteiger partial charge >= 0.3 is 23.5 Å². The number of aliphatic hydroxyl groups excluding tert-OH is 1. The minimum atomic E-state index is -5.70. The molecule has 6 atom stereocenters. The third kappa shape index (κ3) is 12.5. The minimum absolute atomic E-state index is 0.0133. The van der Waals surface area contributed by atoms with Crippen molar-refractivity contribution in [2.45, 2.75) is 56.7 Å². The summed E-state index contributed by atoms with van der Waals surface area (Å²) < 4.78 is 58.3. The summed E-state index contributed by atoms with van der Waals surface area (Å²) >= 11 is 0. The number of ether oxygens (including phenoxy) is 2. The van der Waals surface area contributed by atoms with Crippen molar-refractivity contribution in [1.82, 2.24) is 10.2 Å². The molecule has 2 aliphatic rings. The summed E-state index contributed by atoms with van der Waals surface area (Å²) in [5.74, 6) is 4.59. The van der Waals surface area contributed by atoms with Crippen LogP contribution in [0.25, 0.3) is 0 Å². The van der Waals surface area contributed by atoms with Crippen molar-refractivity contribution in [3.63, 3.8) is 0 Å². The minimum Gasteiger partial charge on any atom is -0.364 e. The first-order valence-corrected chi connectivity index (χ1v) is 17.7. The first kappa shape index (κ1) is 34.7. The molecular formula is C17H30N3O14P3S2. The quantitative estimate of drug-likeness (QED) is 0.0496. The molecule has 2 heterocycles. The van der Waals surface area contributed by atoms with Crippen molar-refractivity contribution in [1.29, 1.82) is 0 Å². The first-order chi connectivity index (χ1) is 17.8. The van der Waals surface area contributed by atoms with Gasteiger partial charge in [-0.2, -0.15) is 8.62 Å². The number of nitrogens with one attached hydrogen (secondary N) is 1. The molecule has 4 unspecified atom stereocenters. The number of nitrogens with two attached hydrogens (primary N) is 1. The number of amides is 1. The van der Waals surface area contributed by atoms with Crippen LogP contribution in [0.1, 0.15) is 27.2 Å². The summed E-state index contributed by atoms with van der Waals surface area (Å²) in [5, 5.41) is 12.7. The van der Waals surface area contributed by atoms with E-state index in [1.165, 1.54) is 32.7 Å². The standard InChI is InChI=1S/C17H30N3O14P3S2/c1-17(2,3)39-38-10-30-12-7-14(20-8-11(5-4-6-18)15(21)19-16(20)22)32-13(12)9-31-36(26,27)34-37(28,29)33-35(23,24)25/h8,12-14,16,22H,6-7,9-10,18H2,1-3H3,(H,19,21)(H,26,27)(H,28,29)(H2,23,24,25)/t12?,13-,14-,16?/m1/s1. The number of carbonyl (C=O) groups excluding carboxylic acids is 1. The molecule has 0 aromatic rings. The van der Waals surface area contributed by atoms with Crippen LogP contribution < -0.4 is 11.1 Å². The van der Waals surface area contributed by atoms with Gasteiger partial charge in [0.2, 0.25) is 6.35 Å². The Morgan fingerprint density at radius 3 is 2.46 bits per heavy atom. The van der Waals surface area contributed by atoms with Gasteiger partial charge in [0, 0.05) is 17.4 Å². The number of aliphatic hydroxyl groups is 1. The van der Waals surface area contributed by atoms with Crippen molar-refractivity contribution in [2.24, 2.45) is 5.73 Å². The highest BCUT2D eigenvalue weighted by atomic mass is 33.1. The lowest BCUT2D eigenvalue weighted by Crippen LogP contribution is -2.53. The van der Waals surface area contributed by atoms with Crippen molar-refractivity contribution < 1.29 is 65.8 Å². The number of phosphoric ester groups is 1. The summed E-state index contributed by atoms with van der Waals surface area (Å²) in [6.07, 6.45) is -3.09. The molecule has 2 aliphatic heterocycles. The fourth-order valence-electron chi connectivity index (χ4n) is 3.02. The Bertz CT molecular complexity index is 1120. The van der Waals surface area contributed by atoms with Gasteiger partial charge < -0.3 is 50.1 Å². The molecule has 0 bridgehead atoms. The zero-order valence-corrected chi connectivity index (χ0v) is 25.1. The van der Waals surface area contributed by atoms with E-state index in [1.54, 1.807) is 0 Å². The molecule has 0 aromatic heterocycles. The van der Waals surface area contributed by atoms with Gasteiger partial charge in [-0.05, 0) is 0 Å². The van der Waals surface area contributed by atoms with Gasteiger partial charge in [0.1, 0.15) is 23.8 Å². The fourth-order valence-corrected chi connectivity index (χ4v) is 8.05. The zero-order chi connectivity index (χ0) is 29.6. The second kappa shape index (κ2) is 14.1. The van der Waals surface area contributed by atoms with E-state index in [4.69, 9.17) is 29.5 Å². The Hall–Kier alpha value is -0.480. The number of hydrogen-bond donors (Lipinski definition) is 7. The maximum Gasteiger partial charge on any atom is 0.490 e. The first-order valence-electron chi connectivity index (χ1n) is 10.8. The molecule has 0 radical (unpaired) electrons. The molecule has 0 aromatic carbocycles. The summed E-state index contributed by atoms with van der Waals surface area (Å²) in [6.45, 7) is 5.20. The second-order valence-electron chi connectivity index (χ2n) is 8.73. The van der Waals surface area contributed by atoms with Crippen LogP contribution >= 0.6 is 45.1 Å². The van der Waals surface area contributed by atoms with Crippen molar-refractivity contribution in [2.75, 3.05) is 19.1 Å². The average molecular weight is 657 g/mol. The van der Waals surface area contributed by atoms with Crippen LogP contribution in [-0.2, 0) is 41.1 Å². The van der Waals surface area contributed by atoms with Crippen LogP contribution in [0.4, 0.5) is 0 Å². The van der Waals surface area contributed by atoms with Crippen LogP contribution in [-0.4, -0.2) is 84.1 Å². The van der Waals surface area contributed by atoms with Crippen LogP contribution in [0.5, 0.6) is 0 Å². The van der Waals surface area contributed by atoms with Crippen molar-refractivity contribution in [3.05, 3.63) is 11.8 Å². The molecule has 39 heavy (non-hydrogen) atoms. The molecule has 1 fully saturated rings. The number of phosphoric acid groups is 3. The van der Waals surface area contributed by atoms with E-state index in [1.807, 2.05) is 20.8 Å². The maximum absolute atomic E-state index is 12.2. The number of hydrogen-bond acceptors (Lipinski definition) is 14. The van der Waals surface area contributed by atoms with Crippen LogP contribution in [0.15, 0.2) is 11.8 Å². The van der Waals surface area contributed by atoms with E-state index in [9.17, 15) is 33.4 Å². The van der Waals surface area contributed by atoms with E-state index < -0.39 is 60.8 Å². The topological polar surface area (TPSA) is 257 Å². The lowest BCUT2D eigenvalue weighted by molar-refractivity contribution is -0.143. The Balaban J connectivity index is 2.16. The van der Waals surface area contributed by atoms with E-state index in [0.717, 1.165) is 0 Å². The van der Waals surface area contributed by atoms with Gasteiger partial charge in [-0.25, -0.2) is 13.7 Å². The molecule has 1 amide bonds. The third-order valence-electron chi connectivity index (χ3n) is 4.36. The highest BCUT2D eigenvalue weighted by Gasteiger charge is 2.45. The SMILES string of the molecule is CC(C)(C)SSCOC1C[C@H](N2C=C(C#CCN)C(=O)NC2O)O[C@@H]1COP(=O)(O)OP(=O)(O)OP(=O)(O)O. The Morgan fingerprint density at radius 1 is 1.21 bits per heavy atom. The van der Waals surface area contributed by atoms with E-state index in [-0.39, 0.29) is 29.2 Å². The van der Waals surface area contributed by atoms with Gasteiger partial charge in [0.05, 0.1) is 19.3 Å². The molecule has 224 valence electrons. The molecule has 0 spiro atoms. The highest BCUT2D eigenvalue weighted by molar-refractivity contribution is 8.77. The van der Waals surface area contributed by atoms with Gasteiger partial charge in [0.15, 0.2) is 0 Å². The van der Waals surface area contributed by atoms with Crippen LogP contribution in [0.3, 0.4) is 0 Å². The van der Waals surface area contributed by atoms with Crippen LogP contribution in [0.2, 0.25) is 0 Å². The van der Waals surface area contributed by atoms with E-state index >= 15 is 0 Å². The maximum atomic E-state index is 12.2. The van der Waals surface area contributed by atoms with Crippen molar-refractivity contribution >= 4 is 51.0 Å². The summed E-state index contributed by atoms with van der Waals surface area (Å²) in [4.78, 5) is 49.8.